The summed E-state index contributed by atoms with van der Waals surface area (Å²) < 4.78 is 5.14. The van der Waals surface area contributed by atoms with Gasteiger partial charge in [0.2, 0.25) is 5.91 Å². The monoisotopic (exact) mass is 262 g/mol. The lowest BCUT2D eigenvalue weighted by molar-refractivity contribution is -0.121. The van der Waals surface area contributed by atoms with Crippen LogP contribution in [-0.4, -0.2) is 13.0 Å². The van der Waals surface area contributed by atoms with Crippen LogP contribution >= 0.6 is 0 Å². The van der Waals surface area contributed by atoms with E-state index in [0.717, 1.165) is 31.6 Å². The molecule has 1 aliphatic carbocycles. The number of nitrogens with one attached hydrogen (secondary N) is 1. The van der Waals surface area contributed by atoms with E-state index in [9.17, 15) is 4.79 Å². The first kappa shape index (κ1) is 13.7. The second kappa shape index (κ2) is 5.95. The van der Waals surface area contributed by atoms with E-state index in [2.05, 4.69) is 12.2 Å². The van der Waals surface area contributed by atoms with Crippen LogP contribution in [0.1, 0.15) is 32.6 Å². The number of rotatable bonds is 3. The second-order valence-electron chi connectivity index (χ2n) is 5.40. The molecule has 0 bridgehead atoms. The Hall–Kier alpha value is -1.71. The molecule has 1 saturated carbocycles. The zero-order valence-corrected chi connectivity index (χ0v) is 11.6. The van der Waals surface area contributed by atoms with Crippen molar-refractivity contribution in [2.75, 3.05) is 18.2 Å². The first-order valence-corrected chi connectivity index (χ1v) is 6.84. The summed E-state index contributed by atoms with van der Waals surface area (Å²) in [5.74, 6) is 1.63. The molecule has 0 aromatic heterocycles. The maximum Gasteiger partial charge on any atom is 0.227 e. The van der Waals surface area contributed by atoms with Gasteiger partial charge in [0.05, 0.1) is 18.5 Å². The molecule has 1 aliphatic rings. The lowest BCUT2D eigenvalue weighted by atomic mass is 9.82. The molecule has 0 atom stereocenters. The largest absolute Gasteiger partial charge is 0.497 e. The van der Waals surface area contributed by atoms with E-state index >= 15 is 0 Å². The van der Waals surface area contributed by atoms with Crippen LogP contribution in [0.2, 0.25) is 0 Å². The minimum Gasteiger partial charge on any atom is -0.497 e. The van der Waals surface area contributed by atoms with Gasteiger partial charge in [-0.25, -0.2) is 0 Å². The average Bonchev–Trinajstić information content (AvgIpc) is 2.42. The summed E-state index contributed by atoms with van der Waals surface area (Å²) in [6, 6.07) is 5.29. The minimum absolute atomic E-state index is 0.0758. The van der Waals surface area contributed by atoms with Gasteiger partial charge in [-0.3, -0.25) is 4.79 Å². The summed E-state index contributed by atoms with van der Waals surface area (Å²) in [6.07, 6.45) is 4.20. The molecule has 0 radical (unpaired) electrons. The van der Waals surface area contributed by atoms with Gasteiger partial charge in [-0.2, -0.15) is 0 Å². The smallest absolute Gasteiger partial charge is 0.227 e. The van der Waals surface area contributed by atoms with Crippen molar-refractivity contribution in [1.82, 2.24) is 0 Å². The van der Waals surface area contributed by atoms with Crippen molar-refractivity contribution in [2.45, 2.75) is 32.6 Å². The third kappa shape index (κ3) is 3.40. The van der Waals surface area contributed by atoms with Crippen LogP contribution in [0.15, 0.2) is 18.2 Å². The van der Waals surface area contributed by atoms with Crippen LogP contribution in [0.25, 0.3) is 0 Å². The van der Waals surface area contributed by atoms with Gasteiger partial charge in [0.15, 0.2) is 0 Å². The number of carbonyl (C=O) groups excluding carboxylic acids is 1. The van der Waals surface area contributed by atoms with Crippen molar-refractivity contribution in [2.24, 2.45) is 11.8 Å². The van der Waals surface area contributed by atoms with Crippen molar-refractivity contribution in [3.63, 3.8) is 0 Å². The highest BCUT2D eigenvalue weighted by Gasteiger charge is 2.24. The standard InChI is InChI=1S/C15H22N2O2/c1-10-3-5-11(6-4-10)15(18)17-14-9-12(19-2)7-8-13(14)16/h7-11H,3-6,16H2,1-2H3,(H,17,18). The van der Waals surface area contributed by atoms with Gasteiger partial charge < -0.3 is 15.8 Å². The molecule has 104 valence electrons. The molecule has 1 aromatic rings. The van der Waals surface area contributed by atoms with Crippen LogP contribution in [0.4, 0.5) is 11.4 Å². The van der Waals surface area contributed by atoms with Crippen molar-refractivity contribution < 1.29 is 9.53 Å². The van der Waals surface area contributed by atoms with E-state index in [4.69, 9.17) is 10.5 Å². The highest BCUT2D eigenvalue weighted by Crippen LogP contribution is 2.30. The normalized spacial score (nSPS) is 22.8. The molecule has 1 aromatic carbocycles. The molecule has 19 heavy (non-hydrogen) atoms. The lowest BCUT2D eigenvalue weighted by Gasteiger charge is -2.25. The number of hydrogen-bond donors (Lipinski definition) is 2. The molecular weight excluding hydrogens is 240 g/mol. The number of hydrogen-bond acceptors (Lipinski definition) is 3. The van der Waals surface area contributed by atoms with Crippen molar-refractivity contribution >= 4 is 17.3 Å². The maximum absolute atomic E-state index is 12.2. The summed E-state index contributed by atoms with van der Waals surface area (Å²) in [4.78, 5) is 12.2. The van der Waals surface area contributed by atoms with Crippen molar-refractivity contribution in [1.29, 1.82) is 0 Å². The van der Waals surface area contributed by atoms with Gasteiger partial charge in [-0.1, -0.05) is 6.92 Å². The minimum atomic E-state index is 0.0758. The number of nitrogen functional groups attached to an aromatic ring is 1. The third-order valence-corrected chi connectivity index (χ3v) is 3.90. The topological polar surface area (TPSA) is 64.3 Å². The van der Waals surface area contributed by atoms with E-state index in [1.807, 2.05) is 0 Å². The van der Waals surface area contributed by atoms with Gasteiger partial charge in [0.1, 0.15) is 5.75 Å². The Labute approximate surface area is 114 Å². The fourth-order valence-electron chi connectivity index (χ4n) is 2.53. The Morgan fingerprint density at radius 1 is 1.32 bits per heavy atom. The summed E-state index contributed by atoms with van der Waals surface area (Å²) in [6.45, 7) is 2.24. The van der Waals surface area contributed by atoms with Crippen LogP contribution in [0.3, 0.4) is 0 Å². The van der Waals surface area contributed by atoms with Gasteiger partial charge in [0, 0.05) is 12.0 Å². The van der Waals surface area contributed by atoms with Crippen LogP contribution in [0.5, 0.6) is 5.75 Å². The highest BCUT2D eigenvalue weighted by atomic mass is 16.5. The zero-order valence-electron chi connectivity index (χ0n) is 11.6. The summed E-state index contributed by atoms with van der Waals surface area (Å²) >= 11 is 0. The molecule has 0 unspecified atom stereocenters. The van der Waals surface area contributed by atoms with E-state index in [-0.39, 0.29) is 11.8 Å². The molecule has 0 heterocycles. The fraction of sp³-hybridized carbons (Fsp3) is 0.533. The van der Waals surface area contributed by atoms with E-state index in [1.54, 1.807) is 25.3 Å². The van der Waals surface area contributed by atoms with Gasteiger partial charge >= 0.3 is 0 Å². The van der Waals surface area contributed by atoms with Crippen molar-refractivity contribution in [3.8, 4) is 5.75 Å². The molecule has 3 N–H and O–H groups in total. The fourth-order valence-corrected chi connectivity index (χ4v) is 2.53. The summed E-state index contributed by atoms with van der Waals surface area (Å²) in [5.41, 5.74) is 7.08. The quantitative estimate of drug-likeness (QED) is 0.823. The number of ether oxygens (including phenoxy) is 1. The van der Waals surface area contributed by atoms with Gasteiger partial charge in [-0.05, 0) is 43.7 Å². The first-order valence-electron chi connectivity index (χ1n) is 6.84. The van der Waals surface area contributed by atoms with E-state index < -0.39 is 0 Å². The Morgan fingerprint density at radius 2 is 2.00 bits per heavy atom. The Bertz CT molecular complexity index is 451. The second-order valence-corrected chi connectivity index (χ2v) is 5.40. The van der Waals surface area contributed by atoms with E-state index in [1.165, 1.54) is 0 Å². The Balaban J connectivity index is 2.02. The number of amides is 1. The predicted molar refractivity (Wildman–Crippen MR) is 77.2 cm³/mol. The molecule has 2 rings (SSSR count). The molecule has 0 saturated heterocycles. The Morgan fingerprint density at radius 3 is 2.63 bits per heavy atom. The van der Waals surface area contributed by atoms with E-state index in [0.29, 0.717) is 17.1 Å². The number of carbonyl (C=O) groups is 1. The maximum atomic E-state index is 12.2. The van der Waals surface area contributed by atoms with Gasteiger partial charge in [0.25, 0.3) is 0 Å². The summed E-state index contributed by atoms with van der Waals surface area (Å²) in [7, 11) is 1.60. The third-order valence-electron chi connectivity index (χ3n) is 3.90. The lowest BCUT2D eigenvalue weighted by Crippen LogP contribution is -2.26. The number of methoxy groups -OCH3 is 1. The molecule has 0 aliphatic heterocycles. The zero-order chi connectivity index (χ0) is 13.8. The molecule has 4 nitrogen and oxygen atoms in total. The molecule has 1 fully saturated rings. The Kier molecular flexibility index (Phi) is 4.30. The number of anilines is 2. The van der Waals surface area contributed by atoms with Crippen LogP contribution < -0.4 is 15.8 Å². The molecule has 1 amide bonds. The van der Waals surface area contributed by atoms with Crippen LogP contribution in [-0.2, 0) is 4.79 Å². The van der Waals surface area contributed by atoms with Crippen molar-refractivity contribution in [3.05, 3.63) is 18.2 Å². The van der Waals surface area contributed by atoms with Gasteiger partial charge in [-0.15, -0.1) is 0 Å². The number of benzene rings is 1. The summed E-state index contributed by atoms with van der Waals surface area (Å²) in [5, 5.41) is 2.93. The highest BCUT2D eigenvalue weighted by molar-refractivity contribution is 5.95. The predicted octanol–water partition coefficient (Wildman–Crippen LogP) is 3.04. The first-order chi connectivity index (χ1) is 9.10. The average molecular weight is 262 g/mol. The molecule has 0 spiro atoms. The SMILES string of the molecule is COc1ccc(N)c(NC(=O)C2CCC(C)CC2)c1. The molecule has 4 heteroatoms. The molecular formula is C15H22N2O2. The van der Waals surface area contributed by atoms with Crippen LogP contribution in [0, 0.1) is 11.8 Å². The number of nitrogens with two attached hydrogens (primary N) is 1.